The number of phosphoric acid groups is 3. The molecule has 362 valence electrons. The van der Waals surface area contributed by atoms with Gasteiger partial charge in [-0.3, -0.25) is 37.3 Å². The van der Waals surface area contributed by atoms with Crippen LogP contribution >= 0.6 is 35.2 Å². The van der Waals surface area contributed by atoms with Gasteiger partial charge in [0.2, 0.25) is 11.8 Å². The molecule has 66 heavy (non-hydrogen) atoms. The second-order valence-corrected chi connectivity index (χ2v) is 20.8. The number of aliphatic hydroxyl groups excluding tert-OH is 2. The number of nitrogens with zero attached hydrogens (tertiary/aromatic N) is 4. The molecule has 4 aromatic rings. The number of amides is 2. The minimum atomic E-state index is -5.61. The minimum Gasteiger partial charge on any atom is -0.481 e. The van der Waals surface area contributed by atoms with Crippen LogP contribution in [-0.2, 0) is 61.9 Å². The van der Waals surface area contributed by atoms with E-state index in [0.717, 1.165) is 45.3 Å². The Balaban J connectivity index is 1.03. The van der Waals surface area contributed by atoms with Crippen LogP contribution in [0.1, 0.15) is 38.5 Å². The number of nitrogens with one attached hydrogen (secondary N) is 2. The highest BCUT2D eigenvalue weighted by molar-refractivity contribution is 8.13. The number of rotatable bonds is 24. The summed E-state index contributed by atoms with van der Waals surface area (Å²) in [7, 11) is -16.5. The Labute approximate surface area is 379 Å². The number of hydrogen-bond donors (Lipinski definition) is 10. The average Bonchev–Trinajstić information content (AvgIpc) is 3.79. The molecule has 0 saturated carbocycles. The molecular weight excluding hydrogens is 959 g/mol. The number of carbonyl (C=O) groups excluding carboxylic acids is 3. The van der Waals surface area contributed by atoms with E-state index in [1.165, 1.54) is 13.8 Å². The Morgan fingerprint density at radius 1 is 0.970 bits per heavy atom. The lowest BCUT2D eigenvalue weighted by Gasteiger charge is -2.30. The number of nitrogen functional groups attached to an aromatic ring is 1. The zero-order chi connectivity index (χ0) is 48.6. The van der Waals surface area contributed by atoms with Gasteiger partial charge in [-0.2, -0.15) is 4.31 Å². The lowest BCUT2D eigenvalue weighted by Crippen LogP contribution is -2.46. The number of hydrogen-bond acceptors (Lipinski definition) is 19. The summed E-state index contributed by atoms with van der Waals surface area (Å²) in [5.74, 6) is -3.40. The van der Waals surface area contributed by atoms with Gasteiger partial charge in [0.1, 0.15) is 36.3 Å². The van der Waals surface area contributed by atoms with Gasteiger partial charge in [-0.25, -0.2) is 28.6 Å². The van der Waals surface area contributed by atoms with E-state index in [-0.39, 0.29) is 60.2 Å². The van der Waals surface area contributed by atoms with Crippen LogP contribution in [0.3, 0.4) is 0 Å². The van der Waals surface area contributed by atoms with Crippen LogP contribution in [-0.4, -0.2) is 134 Å². The number of carbonyl (C=O) groups is 4. The van der Waals surface area contributed by atoms with Gasteiger partial charge in [0, 0.05) is 36.6 Å². The van der Waals surface area contributed by atoms with Gasteiger partial charge in [0.25, 0.3) is 0 Å². The molecule has 5 rings (SSSR count). The first-order chi connectivity index (χ1) is 30.8. The van der Waals surface area contributed by atoms with Crippen LogP contribution in [0.15, 0.2) is 55.1 Å². The molecule has 1 aliphatic heterocycles. The summed E-state index contributed by atoms with van der Waals surface area (Å²) in [6, 6.07) is 13.3. The van der Waals surface area contributed by atoms with E-state index >= 15 is 0 Å². The molecular formula is C36H48N7O19P3S. The maximum Gasteiger partial charge on any atom is 0.481 e. The number of carboxylic acid groups (broad SMARTS) is 1. The van der Waals surface area contributed by atoms with Gasteiger partial charge in [-0.1, -0.05) is 68.1 Å². The van der Waals surface area contributed by atoms with Crippen LogP contribution < -0.4 is 16.4 Å². The number of benzene rings is 2. The van der Waals surface area contributed by atoms with Gasteiger partial charge in [-0.15, -0.1) is 0 Å². The summed E-state index contributed by atoms with van der Waals surface area (Å²) in [5, 5.41) is 37.5. The number of carboxylic acids is 1. The van der Waals surface area contributed by atoms with Crippen molar-refractivity contribution < 1.29 is 90.4 Å². The first-order valence-corrected chi connectivity index (χ1v) is 25.1. The SMILES string of the molecule is CC(C)(COP(=O)(O)OP(=O)(O)OCC1OC(n2cnc3c(N)ncnc32)C(O)C1OP(=O)(O)O)C(O)C(=O)NCCC(=O)NCCSC(=O)C(CC(=O)O)Cc1ccc2ccccc2c1. The molecule has 8 atom stereocenters. The van der Waals surface area contributed by atoms with E-state index in [1.807, 2.05) is 42.5 Å². The fourth-order valence-corrected chi connectivity index (χ4v) is 10.1. The summed E-state index contributed by atoms with van der Waals surface area (Å²) in [6.07, 6.45) is -7.31. The van der Waals surface area contributed by atoms with Crippen molar-refractivity contribution in [2.24, 2.45) is 11.3 Å². The largest absolute Gasteiger partial charge is 0.481 e. The quantitative estimate of drug-likeness (QED) is 0.0348. The Hall–Kier alpha value is -4.27. The molecule has 2 aromatic heterocycles. The smallest absolute Gasteiger partial charge is 0.481 e. The third-order valence-electron chi connectivity index (χ3n) is 9.80. The van der Waals surface area contributed by atoms with E-state index in [9.17, 15) is 67.8 Å². The summed E-state index contributed by atoms with van der Waals surface area (Å²) in [5.41, 5.74) is 5.00. The highest BCUT2D eigenvalue weighted by Crippen LogP contribution is 2.61. The maximum atomic E-state index is 12.9. The normalized spacial score (nSPS) is 20.6. The summed E-state index contributed by atoms with van der Waals surface area (Å²) in [6.45, 7) is 0.150. The first-order valence-electron chi connectivity index (χ1n) is 19.6. The number of fused-ring (bicyclic) bond motifs is 2. The van der Waals surface area contributed by atoms with Crippen molar-refractivity contribution in [3.63, 3.8) is 0 Å². The number of thioether (sulfide) groups is 1. The van der Waals surface area contributed by atoms with E-state index in [2.05, 4.69) is 34.4 Å². The third kappa shape index (κ3) is 14.9. The Kier molecular flexibility index (Phi) is 17.7. The zero-order valence-electron chi connectivity index (χ0n) is 35.0. The molecule has 3 heterocycles. The summed E-state index contributed by atoms with van der Waals surface area (Å²) < 4.78 is 62.4. The predicted molar refractivity (Wildman–Crippen MR) is 230 cm³/mol. The fraction of sp³-hybridized carbons (Fsp3) is 0.472. The number of aliphatic carboxylic acids is 1. The highest BCUT2D eigenvalue weighted by atomic mass is 32.2. The maximum absolute atomic E-state index is 12.9. The molecule has 2 aromatic carbocycles. The third-order valence-corrected chi connectivity index (χ3v) is 13.9. The second kappa shape index (κ2) is 22.2. The fourth-order valence-electron chi connectivity index (χ4n) is 6.50. The van der Waals surface area contributed by atoms with E-state index < -0.39 is 96.4 Å². The number of imidazole rings is 1. The van der Waals surface area contributed by atoms with Crippen LogP contribution in [0.4, 0.5) is 5.82 Å². The van der Waals surface area contributed by atoms with Crippen LogP contribution in [0.25, 0.3) is 21.9 Å². The van der Waals surface area contributed by atoms with Crippen molar-refractivity contribution in [2.45, 2.75) is 63.8 Å². The van der Waals surface area contributed by atoms with Crippen LogP contribution in [0.5, 0.6) is 0 Å². The molecule has 0 spiro atoms. The molecule has 30 heteroatoms. The number of anilines is 1. The zero-order valence-corrected chi connectivity index (χ0v) is 38.5. The van der Waals surface area contributed by atoms with Gasteiger partial charge < -0.3 is 56.0 Å². The lowest BCUT2D eigenvalue weighted by molar-refractivity contribution is -0.139. The summed E-state index contributed by atoms with van der Waals surface area (Å²) in [4.78, 5) is 101. The monoisotopic (exact) mass is 1010 g/mol. The van der Waals surface area contributed by atoms with E-state index in [1.54, 1.807) is 0 Å². The van der Waals surface area contributed by atoms with Crippen molar-refractivity contribution in [1.29, 1.82) is 0 Å². The van der Waals surface area contributed by atoms with Gasteiger partial charge in [-0.05, 0) is 22.8 Å². The average molecular weight is 1010 g/mol. The number of aromatic nitrogens is 4. The standard InChI is InChI=1S/C36H48N7O19P3S/c1-36(2,30(48)33(49)39-10-9-25(44)38-11-12-66-35(50)23(15-26(45)46)14-20-7-8-21-5-3-4-6-22(21)13-20)17-59-65(56,57)62-64(54,55)58-16-24-29(61-63(51,52)53)28(47)34(60-24)43-19-42-27-31(37)40-18-41-32(27)43/h3-8,13,18-19,23-24,28-30,34,47-48H,9-12,14-17H2,1-2H3,(H,38,44)(H,39,49)(H,45,46)(H,54,55)(H,56,57)(H2,37,40,41)(H2,51,52,53). The number of ether oxygens (including phenoxy) is 1. The molecule has 8 unspecified atom stereocenters. The van der Waals surface area contributed by atoms with Crippen LogP contribution in [0, 0.1) is 11.3 Å². The topological polar surface area (TPSA) is 401 Å². The van der Waals surface area contributed by atoms with Gasteiger partial charge in [0.15, 0.2) is 22.8 Å². The number of aliphatic hydroxyl groups is 2. The molecule has 26 nitrogen and oxygen atoms in total. The molecule has 1 saturated heterocycles. The van der Waals surface area contributed by atoms with Crippen molar-refractivity contribution in [3.05, 3.63) is 60.7 Å². The number of nitrogens with two attached hydrogens (primary N) is 1. The predicted octanol–water partition coefficient (Wildman–Crippen LogP) is 1.15. The minimum absolute atomic E-state index is 0.0176. The summed E-state index contributed by atoms with van der Waals surface area (Å²) >= 11 is 0.880. The highest BCUT2D eigenvalue weighted by Gasteiger charge is 2.50. The van der Waals surface area contributed by atoms with Gasteiger partial charge >= 0.3 is 29.4 Å². The van der Waals surface area contributed by atoms with Crippen molar-refractivity contribution in [1.82, 2.24) is 30.2 Å². The molecule has 0 aliphatic carbocycles. The molecule has 11 N–H and O–H groups in total. The van der Waals surface area contributed by atoms with Crippen molar-refractivity contribution in [2.75, 3.05) is 37.8 Å². The lowest BCUT2D eigenvalue weighted by atomic mass is 9.87. The Morgan fingerprint density at radius 3 is 2.36 bits per heavy atom. The second-order valence-electron chi connectivity index (χ2n) is 15.4. The Bertz CT molecular complexity index is 2550. The van der Waals surface area contributed by atoms with Crippen LogP contribution in [0.2, 0.25) is 0 Å². The number of phosphoric ester groups is 3. The molecule has 1 fully saturated rings. The van der Waals surface area contributed by atoms with Crippen molar-refractivity contribution >= 4 is 85.9 Å². The van der Waals surface area contributed by atoms with E-state index in [0.29, 0.717) is 0 Å². The molecule has 2 amide bonds. The molecule has 1 aliphatic rings. The Morgan fingerprint density at radius 2 is 1.67 bits per heavy atom. The van der Waals surface area contributed by atoms with Crippen molar-refractivity contribution in [3.8, 4) is 0 Å². The first kappa shape index (κ1) is 52.7. The van der Waals surface area contributed by atoms with E-state index in [4.69, 9.17) is 19.5 Å². The molecule has 0 bridgehead atoms. The van der Waals surface area contributed by atoms with Gasteiger partial charge in [0.05, 0.1) is 26.0 Å². The molecule has 0 radical (unpaired) electrons.